The zero-order chi connectivity index (χ0) is 17.4. The highest BCUT2D eigenvalue weighted by atomic mass is 32.1. The Bertz CT molecular complexity index is 682. The van der Waals surface area contributed by atoms with Crippen LogP contribution in [-0.4, -0.2) is 30.1 Å². The number of hydrogen-bond acceptors (Lipinski definition) is 4. The van der Waals surface area contributed by atoms with Crippen molar-refractivity contribution in [2.75, 3.05) is 19.3 Å². The summed E-state index contributed by atoms with van der Waals surface area (Å²) >= 11 is 3.53. The number of nitrogens with zero attached hydrogens (tertiary/aromatic N) is 1. The van der Waals surface area contributed by atoms with Crippen molar-refractivity contribution in [3.05, 3.63) is 42.2 Å². The molecule has 0 amide bonds. The molecule has 0 spiro atoms. The van der Waals surface area contributed by atoms with Crippen molar-refractivity contribution in [1.82, 2.24) is 9.88 Å². The molecule has 1 aromatic heterocycles. The number of thiol groups is 1. The average Bonchev–Trinajstić information content (AvgIpc) is 2.84. The molecule has 4 nitrogen and oxygen atoms in total. The van der Waals surface area contributed by atoms with Gasteiger partial charge in [0.1, 0.15) is 0 Å². The third-order valence-corrected chi connectivity index (χ3v) is 4.59. The van der Waals surface area contributed by atoms with E-state index in [2.05, 4.69) is 53.0 Å². The maximum atomic E-state index is 7.42. The third-order valence-electron chi connectivity index (χ3n) is 4.59. The SMILES string of the molecule is CS.N=C/C(=C\N)c1ccc2c(ccn2CC2CCCNCC2)c1. The highest BCUT2D eigenvalue weighted by Crippen LogP contribution is 2.24. The van der Waals surface area contributed by atoms with Gasteiger partial charge < -0.3 is 21.0 Å². The van der Waals surface area contributed by atoms with Crippen LogP contribution in [0, 0.1) is 11.3 Å². The van der Waals surface area contributed by atoms with E-state index in [0.29, 0.717) is 0 Å². The molecule has 3 rings (SSSR count). The van der Waals surface area contributed by atoms with Gasteiger partial charge in [-0.2, -0.15) is 12.6 Å². The van der Waals surface area contributed by atoms with E-state index in [9.17, 15) is 0 Å². The molecule has 1 saturated heterocycles. The topological polar surface area (TPSA) is 66.8 Å². The summed E-state index contributed by atoms with van der Waals surface area (Å²) in [6, 6.07) is 8.47. The van der Waals surface area contributed by atoms with E-state index in [1.54, 1.807) is 6.26 Å². The van der Waals surface area contributed by atoms with Gasteiger partial charge in [-0.05, 0) is 68.3 Å². The Kier molecular flexibility index (Phi) is 7.40. The number of nitrogens with one attached hydrogen (secondary N) is 2. The molecular weight excluding hydrogens is 316 g/mol. The minimum absolute atomic E-state index is 0.754. The summed E-state index contributed by atoms with van der Waals surface area (Å²) < 4.78 is 2.37. The Morgan fingerprint density at radius 2 is 2.17 bits per heavy atom. The summed E-state index contributed by atoms with van der Waals surface area (Å²) in [6.45, 7) is 3.39. The van der Waals surface area contributed by atoms with Crippen molar-refractivity contribution < 1.29 is 0 Å². The highest BCUT2D eigenvalue weighted by molar-refractivity contribution is 7.79. The Hall–Kier alpha value is -1.72. The lowest BCUT2D eigenvalue weighted by Crippen LogP contribution is -2.15. The molecule has 1 aromatic carbocycles. The normalized spacial score (nSPS) is 18.6. The van der Waals surface area contributed by atoms with Gasteiger partial charge in [0.15, 0.2) is 0 Å². The van der Waals surface area contributed by atoms with Crippen molar-refractivity contribution >= 4 is 35.3 Å². The van der Waals surface area contributed by atoms with Gasteiger partial charge in [-0.25, -0.2) is 0 Å². The predicted molar refractivity (Wildman–Crippen MR) is 108 cm³/mol. The fourth-order valence-corrected chi connectivity index (χ4v) is 3.32. The quantitative estimate of drug-likeness (QED) is 0.506. The molecule has 1 fully saturated rings. The lowest BCUT2D eigenvalue weighted by atomic mass is 10.0. The van der Waals surface area contributed by atoms with E-state index in [1.807, 2.05) is 0 Å². The summed E-state index contributed by atoms with van der Waals surface area (Å²) in [5.41, 5.74) is 8.60. The van der Waals surface area contributed by atoms with Crippen LogP contribution in [-0.2, 0) is 6.54 Å². The Balaban J connectivity index is 0.00000100. The fourth-order valence-electron chi connectivity index (χ4n) is 3.32. The van der Waals surface area contributed by atoms with Crippen molar-refractivity contribution in [2.45, 2.75) is 25.8 Å². The van der Waals surface area contributed by atoms with Crippen molar-refractivity contribution in [2.24, 2.45) is 11.7 Å². The lowest BCUT2D eigenvalue weighted by Gasteiger charge is -2.15. The van der Waals surface area contributed by atoms with Gasteiger partial charge in [0, 0.05) is 41.6 Å². The average molecular weight is 345 g/mol. The molecule has 0 bridgehead atoms. The van der Waals surface area contributed by atoms with Gasteiger partial charge in [0.25, 0.3) is 0 Å². The second-order valence-corrected chi connectivity index (χ2v) is 6.05. The monoisotopic (exact) mass is 344 g/mol. The van der Waals surface area contributed by atoms with Crippen LogP contribution in [0.25, 0.3) is 16.5 Å². The van der Waals surface area contributed by atoms with E-state index >= 15 is 0 Å². The highest BCUT2D eigenvalue weighted by Gasteiger charge is 2.13. The smallest absolute Gasteiger partial charge is 0.0480 e. The van der Waals surface area contributed by atoms with Crippen LogP contribution in [0.2, 0.25) is 0 Å². The summed E-state index contributed by atoms with van der Waals surface area (Å²) in [4.78, 5) is 0. The van der Waals surface area contributed by atoms with Gasteiger partial charge in [-0.3, -0.25) is 0 Å². The molecule has 1 atom stereocenters. The van der Waals surface area contributed by atoms with Gasteiger partial charge >= 0.3 is 0 Å². The molecule has 1 aliphatic rings. The number of aromatic nitrogens is 1. The number of fused-ring (bicyclic) bond motifs is 1. The van der Waals surface area contributed by atoms with Crippen molar-refractivity contribution in [3.63, 3.8) is 0 Å². The molecule has 0 saturated carbocycles. The summed E-state index contributed by atoms with van der Waals surface area (Å²) in [5, 5.41) is 12.1. The maximum absolute atomic E-state index is 7.42. The zero-order valence-electron chi connectivity index (χ0n) is 14.3. The molecule has 1 unspecified atom stereocenters. The summed E-state index contributed by atoms with van der Waals surface area (Å²) in [7, 11) is 0. The second-order valence-electron chi connectivity index (χ2n) is 6.05. The maximum Gasteiger partial charge on any atom is 0.0480 e. The largest absolute Gasteiger partial charge is 0.404 e. The molecule has 1 aliphatic heterocycles. The molecule has 0 aliphatic carbocycles. The predicted octanol–water partition coefficient (Wildman–Crippen LogP) is 3.53. The van der Waals surface area contributed by atoms with Gasteiger partial charge in [0.05, 0.1) is 0 Å². The van der Waals surface area contributed by atoms with E-state index in [4.69, 9.17) is 11.1 Å². The first kappa shape index (κ1) is 18.6. The van der Waals surface area contributed by atoms with Crippen LogP contribution >= 0.6 is 12.6 Å². The molecule has 2 heterocycles. The molecule has 5 heteroatoms. The fraction of sp³-hybridized carbons (Fsp3) is 0.421. The molecule has 24 heavy (non-hydrogen) atoms. The molecular formula is C19H28N4S. The standard InChI is InChI=1S/C18H24N4.CH4S/c19-11-17(12-20)15-3-4-18-16(10-15)6-9-22(18)13-14-2-1-7-21-8-5-14;1-2/h3-4,6,9-12,14,19,21H,1-2,5,7-8,13,20H2;2H,1H3/b17-12+,19-11?;. The number of nitrogens with two attached hydrogens (primary N) is 1. The number of hydrogen-bond donors (Lipinski definition) is 4. The van der Waals surface area contributed by atoms with E-state index in [-0.39, 0.29) is 0 Å². The Labute approximate surface area is 150 Å². The molecule has 0 radical (unpaired) electrons. The Morgan fingerprint density at radius 1 is 1.33 bits per heavy atom. The van der Waals surface area contributed by atoms with E-state index < -0.39 is 0 Å². The van der Waals surface area contributed by atoms with E-state index in [0.717, 1.165) is 36.7 Å². The first-order chi connectivity index (χ1) is 11.8. The molecule has 130 valence electrons. The minimum Gasteiger partial charge on any atom is -0.404 e. The first-order valence-electron chi connectivity index (χ1n) is 8.49. The van der Waals surface area contributed by atoms with Crippen LogP contribution in [0.3, 0.4) is 0 Å². The zero-order valence-corrected chi connectivity index (χ0v) is 15.2. The number of benzene rings is 1. The molecule has 4 N–H and O–H groups in total. The van der Waals surface area contributed by atoms with Gasteiger partial charge in [-0.15, -0.1) is 0 Å². The minimum atomic E-state index is 0.754. The lowest BCUT2D eigenvalue weighted by molar-refractivity contribution is 0.410. The third kappa shape index (κ3) is 4.42. The molecule has 2 aromatic rings. The van der Waals surface area contributed by atoms with Crippen LogP contribution in [0.4, 0.5) is 0 Å². The van der Waals surface area contributed by atoms with Crippen LogP contribution in [0.15, 0.2) is 36.7 Å². The number of allylic oxidation sites excluding steroid dienone is 1. The summed E-state index contributed by atoms with van der Waals surface area (Å²) in [6.07, 6.45) is 10.5. The van der Waals surface area contributed by atoms with Crippen LogP contribution in [0.1, 0.15) is 24.8 Å². The van der Waals surface area contributed by atoms with Crippen LogP contribution in [0.5, 0.6) is 0 Å². The van der Waals surface area contributed by atoms with Crippen LogP contribution < -0.4 is 11.1 Å². The second kappa shape index (κ2) is 9.55. The van der Waals surface area contributed by atoms with Gasteiger partial charge in [-0.1, -0.05) is 6.07 Å². The number of rotatable bonds is 4. The van der Waals surface area contributed by atoms with Crippen molar-refractivity contribution in [3.8, 4) is 0 Å². The van der Waals surface area contributed by atoms with Gasteiger partial charge in [0.2, 0.25) is 0 Å². The Morgan fingerprint density at radius 3 is 2.92 bits per heavy atom. The first-order valence-corrected chi connectivity index (χ1v) is 9.38. The van der Waals surface area contributed by atoms with Crippen molar-refractivity contribution in [1.29, 1.82) is 5.41 Å². The van der Waals surface area contributed by atoms with E-state index in [1.165, 1.54) is 42.6 Å². The summed E-state index contributed by atoms with van der Waals surface area (Å²) in [5.74, 6) is 0.756.